The Morgan fingerprint density at radius 2 is 0.939 bits per heavy atom. The van der Waals surface area contributed by atoms with Gasteiger partial charge in [0, 0.05) is 47.6 Å². The number of thiophene rings is 1. The third-order valence-corrected chi connectivity index (χ3v) is 13.4. The van der Waals surface area contributed by atoms with Gasteiger partial charge in [0.15, 0.2) is 23.2 Å². The lowest BCUT2D eigenvalue weighted by Crippen LogP contribution is -2.04. The Bertz CT molecular complexity index is 3790. The van der Waals surface area contributed by atoms with Crippen LogP contribution in [0.15, 0.2) is 206 Å². The second kappa shape index (κ2) is 16.0. The molecule has 0 amide bonds. The molecule has 12 rings (SSSR count). The minimum atomic E-state index is 0.550. The lowest BCUT2D eigenvalue weighted by Gasteiger charge is -2.17. The highest BCUT2D eigenvalue weighted by Gasteiger charge is 2.22. The van der Waals surface area contributed by atoms with Crippen LogP contribution in [0.25, 0.3) is 120 Å². The van der Waals surface area contributed by atoms with Crippen molar-refractivity contribution in [3.8, 4) is 79.3 Å². The molecule has 0 atom stereocenters. The summed E-state index contributed by atoms with van der Waals surface area (Å²) in [4.78, 5) is 19.4. The molecule has 7 heteroatoms. The van der Waals surface area contributed by atoms with E-state index >= 15 is 0 Å². The number of rotatable bonds is 7. The van der Waals surface area contributed by atoms with Gasteiger partial charge in [-0.25, -0.2) is 19.8 Å². The predicted molar refractivity (Wildman–Crippen MR) is 271 cm³/mol. The van der Waals surface area contributed by atoms with Crippen LogP contribution in [0.1, 0.15) is 5.56 Å². The Hall–Kier alpha value is -9.01. The first-order valence-corrected chi connectivity index (χ1v) is 22.4. The minimum absolute atomic E-state index is 0.550. The smallest absolute Gasteiger partial charge is 0.187 e. The molecule has 3 aromatic heterocycles. The number of hydrogen-bond donors (Lipinski definition) is 0. The number of nitriles is 1. The highest BCUT2D eigenvalue weighted by Crippen LogP contribution is 2.42. The van der Waals surface area contributed by atoms with Crippen molar-refractivity contribution in [3.63, 3.8) is 0 Å². The first-order valence-electron chi connectivity index (χ1n) is 21.6. The maximum absolute atomic E-state index is 9.80. The number of hydrogen-bond acceptors (Lipinski definition) is 5. The van der Waals surface area contributed by atoms with Crippen LogP contribution in [0.5, 0.6) is 0 Å². The van der Waals surface area contributed by atoms with Crippen LogP contribution in [-0.2, 0) is 0 Å². The summed E-state index contributed by atoms with van der Waals surface area (Å²) in [5, 5.41) is 14.4. The van der Waals surface area contributed by atoms with Crippen molar-refractivity contribution in [1.29, 1.82) is 5.26 Å². The molecule has 0 N–H and O–H groups in total. The third-order valence-electron chi connectivity index (χ3n) is 12.3. The van der Waals surface area contributed by atoms with Crippen molar-refractivity contribution in [1.82, 2.24) is 19.5 Å². The summed E-state index contributed by atoms with van der Waals surface area (Å²) >= 11 is 1.81. The van der Waals surface area contributed by atoms with Gasteiger partial charge >= 0.3 is 0 Å². The summed E-state index contributed by atoms with van der Waals surface area (Å²) < 4.78 is 4.84. The highest BCUT2D eigenvalue weighted by molar-refractivity contribution is 7.25. The van der Waals surface area contributed by atoms with Crippen molar-refractivity contribution >= 4 is 59.0 Å². The van der Waals surface area contributed by atoms with Crippen molar-refractivity contribution in [2.45, 2.75) is 0 Å². The maximum atomic E-state index is 9.80. The van der Waals surface area contributed by atoms with E-state index in [4.69, 9.17) is 21.5 Å². The molecular weight excluding hydrogens is 825 g/mol. The largest absolute Gasteiger partial charge is 0.308 e. The molecule has 0 fully saturated rings. The topological polar surface area (TPSA) is 71.8 Å². The fraction of sp³-hybridized carbons (Fsp3) is 0. The van der Waals surface area contributed by atoms with Crippen LogP contribution in [0, 0.1) is 17.9 Å². The predicted octanol–water partition coefficient (Wildman–Crippen LogP) is 15.8. The quantitative estimate of drug-likeness (QED) is 0.150. The zero-order valence-electron chi connectivity index (χ0n) is 35.2. The molecule has 0 saturated heterocycles. The van der Waals surface area contributed by atoms with E-state index < -0.39 is 0 Å². The van der Waals surface area contributed by atoms with Gasteiger partial charge in [-0.15, -0.1) is 11.3 Å². The van der Waals surface area contributed by atoms with Crippen molar-refractivity contribution in [3.05, 3.63) is 223 Å². The zero-order chi connectivity index (χ0) is 44.1. The van der Waals surface area contributed by atoms with E-state index in [0.717, 1.165) is 77.6 Å². The van der Waals surface area contributed by atoms with Gasteiger partial charge in [-0.2, -0.15) is 5.26 Å². The van der Waals surface area contributed by atoms with Gasteiger partial charge in [0.25, 0.3) is 0 Å². The van der Waals surface area contributed by atoms with Crippen LogP contribution < -0.4 is 0 Å². The van der Waals surface area contributed by atoms with E-state index in [2.05, 4.69) is 119 Å². The van der Waals surface area contributed by atoms with E-state index in [0.29, 0.717) is 28.7 Å². The van der Waals surface area contributed by atoms with Crippen molar-refractivity contribution < 1.29 is 0 Å². The van der Waals surface area contributed by atoms with Gasteiger partial charge in [-0.3, -0.25) is 0 Å². The van der Waals surface area contributed by atoms with Crippen LogP contribution in [-0.4, -0.2) is 19.5 Å². The van der Waals surface area contributed by atoms with E-state index in [9.17, 15) is 5.26 Å². The van der Waals surface area contributed by atoms with E-state index in [1.54, 1.807) is 0 Å². The first-order chi connectivity index (χ1) is 32.6. The Balaban J connectivity index is 1.15. The zero-order valence-corrected chi connectivity index (χ0v) is 36.0. The van der Waals surface area contributed by atoms with Gasteiger partial charge in [0.2, 0.25) is 0 Å². The van der Waals surface area contributed by atoms with Crippen LogP contribution in [0.2, 0.25) is 0 Å². The lowest BCUT2D eigenvalue weighted by atomic mass is 9.99. The second-order valence-electron chi connectivity index (χ2n) is 16.2. The van der Waals surface area contributed by atoms with Crippen LogP contribution in [0.4, 0.5) is 5.69 Å². The van der Waals surface area contributed by atoms with Gasteiger partial charge in [-0.05, 0) is 106 Å². The summed E-state index contributed by atoms with van der Waals surface area (Å²) in [6, 6.07) is 73.0. The molecule has 6 nitrogen and oxygen atoms in total. The summed E-state index contributed by atoms with van der Waals surface area (Å²) in [5.41, 5.74) is 12.8. The molecule has 0 aliphatic rings. The van der Waals surface area contributed by atoms with Gasteiger partial charge < -0.3 is 4.57 Å². The fourth-order valence-electron chi connectivity index (χ4n) is 9.09. The van der Waals surface area contributed by atoms with Gasteiger partial charge in [0.1, 0.15) is 0 Å². The highest BCUT2D eigenvalue weighted by atomic mass is 32.1. The Kier molecular flexibility index (Phi) is 9.35. The molecule has 66 heavy (non-hydrogen) atoms. The first kappa shape index (κ1) is 38.6. The molecule has 0 unspecified atom stereocenters. The van der Waals surface area contributed by atoms with Crippen molar-refractivity contribution in [2.24, 2.45) is 0 Å². The lowest BCUT2D eigenvalue weighted by molar-refractivity contribution is 1.06. The molecular formula is C59H34N6S. The SMILES string of the molecule is [C-]#[N+]c1cccc(-c2ccc3c(c2)c2cc(-c4cccc(C#N)c4)ccc2n3-c2ccc(-c3ccc4sc5ccccc5c4c3)cc2-c2nc(-c3ccccc3)nc(-c3ccccc3)n2)c1. The van der Waals surface area contributed by atoms with E-state index in [-0.39, 0.29) is 0 Å². The summed E-state index contributed by atoms with van der Waals surface area (Å²) in [6.07, 6.45) is 0. The molecule has 306 valence electrons. The van der Waals surface area contributed by atoms with Crippen LogP contribution >= 0.6 is 11.3 Å². The summed E-state index contributed by atoms with van der Waals surface area (Å²) in [7, 11) is 0. The average molecular weight is 859 g/mol. The van der Waals surface area contributed by atoms with Gasteiger partial charge in [0.05, 0.1) is 34.9 Å². The molecule has 3 heterocycles. The summed E-state index contributed by atoms with van der Waals surface area (Å²) in [6.45, 7) is 7.71. The molecule has 0 bridgehead atoms. The molecule has 9 aromatic carbocycles. The second-order valence-corrected chi connectivity index (χ2v) is 17.3. The monoisotopic (exact) mass is 858 g/mol. The fourth-order valence-corrected chi connectivity index (χ4v) is 10.2. The molecule has 0 aliphatic heterocycles. The Labute approximate surface area is 384 Å². The maximum Gasteiger partial charge on any atom is 0.187 e. The Morgan fingerprint density at radius 1 is 0.424 bits per heavy atom. The normalized spacial score (nSPS) is 11.3. The molecule has 0 radical (unpaired) electrons. The van der Waals surface area contributed by atoms with E-state index in [1.165, 1.54) is 20.2 Å². The molecule has 0 aliphatic carbocycles. The third kappa shape index (κ3) is 6.76. The van der Waals surface area contributed by atoms with Crippen molar-refractivity contribution in [2.75, 3.05) is 0 Å². The average Bonchev–Trinajstić information content (AvgIpc) is 3.93. The number of aromatic nitrogens is 4. The van der Waals surface area contributed by atoms with Gasteiger partial charge in [-0.1, -0.05) is 133 Å². The molecule has 0 spiro atoms. The number of benzene rings is 9. The number of nitrogens with zero attached hydrogens (tertiary/aromatic N) is 6. The van der Waals surface area contributed by atoms with Crippen LogP contribution in [0.3, 0.4) is 0 Å². The Morgan fingerprint density at radius 3 is 1.61 bits per heavy atom. The molecule has 12 aromatic rings. The minimum Gasteiger partial charge on any atom is -0.308 e. The number of fused-ring (bicyclic) bond motifs is 6. The summed E-state index contributed by atoms with van der Waals surface area (Å²) in [5.74, 6) is 1.72. The van der Waals surface area contributed by atoms with E-state index in [1.807, 2.05) is 114 Å². The standard InChI is InChI=1S/C59H34N6S/c1-61-46-19-11-18-41(31-46)43-23-27-53-49(33-43)48-32-42(40-17-10-12-37(30-40)36-60)22-26-52(48)65(53)54-28-24-44(45-25-29-56-50(34-45)47-20-8-9-21-55(47)66-56)35-51(54)59-63-57(38-13-4-2-5-14-38)62-58(64-59)39-15-6-3-7-16-39/h2-35H. The molecule has 0 saturated carbocycles.